The van der Waals surface area contributed by atoms with E-state index in [9.17, 15) is 44.0 Å². The molecule has 0 aromatic heterocycles. The van der Waals surface area contributed by atoms with Crippen LogP contribution < -0.4 is 11.5 Å². The van der Waals surface area contributed by atoms with Crippen LogP contribution in [0.15, 0.2) is 0 Å². The van der Waals surface area contributed by atoms with Gasteiger partial charge in [0.2, 0.25) is 0 Å². The average molecular weight is 350 g/mol. The Labute approximate surface area is 108 Å². The van der Waals surface area contributed by atoms with Crippen LogP contribution in [0, 0.1) is 0 Å². The average Bonchev–Trinajstić information content (AvgIpc) is 2.14. The molecule has 20 heavy (non-hydrogen) atoms. The smallest absolute Gasteiger partial charge is 0.363 e. The maximum atomic E-state index is 11.7. The van der Waals surface area contributed by atoms with E-state index in [1.807, 2.05) is 0 Å². The molecule has 0 unspecified atom stereocenters. The van der Waals surface area contributed by atoms with Crippen LogP contribution in [-0.4, -0.2) is 48.3 Å². The van der Waals surface area contributed by atoms with Crippen molar-refractivity contribution in [2.45, 2.75) is 10.5 Å². The molecule has 0 aromatic rings. The molecule has 0 heterocycles. The summed E-state index contributed by atoms with van der Waals surface area (Å²) in [6, 6.07) is 0. The Kier molecular flexibility index (Phi) is 6.08. The molecule has 0 saturated heterocycles. The van der Waals surface area contributed by atoms with Crippen LogP contribution >= 0.6 is 0 Å². The van der Waals surface area contributed by atoms with E-state index >= 15 is 0 Å². The molecule has 0 fully saturated rings. The van der Waals surface area contributed by atoms with Crippen molar-refractivity contribution in [3.63, 3.8) is 0 Å². The van der Waals surface area contributed by atoms with Crippen molar-refractivity contribution in [3.8, 4) is 0 Å². The standard InChI is InChI=1S/2C2H3F2NO4S/c2*3-2(4,1(5)6)10(7,8)9/h2*(H2,5,6)(H,7,8,9). The van der Waals surface area contributed by atoms with Gasteiger partial charge in [-0.05, 0) is 0 Å². The molecule has 0 atom stereocenters. The normalized spacial score (nSPS) is 13.1. The number of nitrogens with two attached hydrogens (primary N) is 2. The molecule has 0 bridgehead atoms. The number of carbonyl (C=O) groups excluding carboxylic acids is 2. The lowest BCUT2D eigenvalue weighted by Crippen LogP contribution is -2.42. The first kappa shape index (κ1) is 20.8. The summed E-state index contributed by atoms with van der Waals surface area (Å²) in [4.78, 5) is 19.2. The first-order valence-electron chi connectivity index (χ1n) is 3.68. The van der Waals surface area contributed by atoms with Gasteiger partial charge in [-0.25, -0.2) is 0 Å². The van der Waals surface area contributed by atoms with Crippen molar-refractivity contribution < 1.29 is 53.1 Å². The lowest BCUT2D eigenvalue weighted by molar-refractivity contribution is -0.133. The predicted molar refractivity (Wildman–Crippen MR) is 51.4 cm³/mol. The first-order chi connectivity index (χ1) is 8.39. The van der Waals surface area contributed by atoms with Crippen LogP contribution in [-0.2, 0) is 29.8 Å². The number of carbonyl (C=O) groups is 2. The highest BCUT2D eigenvalue weighted by Gasteiger charge is 2.51. The molecule has 0 aliphatic carbocycles. The minimum Gasteiger partial charge on any atom is -0.363 e. The van der Waals surface area contributed by atoms with E-state index in [0.29, 0.717) is 0 Å². The van der Waals surface area contributed by atoms with Gasteiger partial charge in [0.1, 0.15) is 0 Å². The molecule has 120 valence electrons. The van der Waals surface area contributed by atoms with Crippen LogP contribution in [0.2, 0.25) is 0 Å². The highest BCUT2D eigenvalue weighted by molar-refractivity contribution is 7.88. The van der Waals surface area contributed by atoms with Gasteiger partial charge in [0.05, 0.1) is 0 Å². The van der Waals surface area contributed by atoms with Crippen LogP contribution in [0.1, 0.15) is 0 Å². The van der Waals surface area contributed by atoms with E-state index in [-0.39, 0.29) is 0 Å². The highest BCUT2D eigenvalue weighted by Crippen LogP contribution is 2.19. The monoisotopic (exact) mass is 350 g/mol. The number of hydrogen-bond acceptors (Lipinski definition) is 6. The summed E-state index contributed by atoms with van der Waals surface area (Å²) in [6.45, 7) is 0. The summed E-state index contributed by atoms with van der Waals surface area (Å²) in [5, 5.41) is -9.79. The van der Waals surface area contributed by atoms with Crippen molar-refractivity contribution >= 4 is 32.1 Å². The maximum Gasteiger partial charge on any atom is 0.446 e. The molecule has 0 aliphatic heterocycles. The third-order valence-electron chi connectivity index (χ3n) is 1.22. The largest absolute Gasteiger partial charge is 0.446 e. The predicted octanol–water partition coefficient (Wildman–Crippen LogP) is -2.10. The summed E-state index contributed by atoms with van der Waals surface area (Å²) >= 11 is 0. The van der Waals surface area contributed by atoms with E-state index in [2.05, 4.69) is 11.5 Å². The van der Waals surface area contributed by atoms with Gasteiger partial charge in [0, 0.05) is 0 Å². The quantitative estimate of drug-likeness (QED) is 0.327. The van der Waals surface area contributed by atoms with E-state index in [4.69, 9.17) is 9.11 Å². The molecule has 16 heteroatoms. The molecule has 0 aromatic carbocycles. The minimum absolute atomic E-state index is 2.41. The number of halogens is 4. The van der Waals surface area contributed by atoms with E-state index in [1.54, 1.807) is 0 Å². The lowest BCUT2D eigenvalue weighted by atomic mass is 10.7. The van der Waals surface area contributed by atoms with Gasteiger partial charge in [0.15, 0.2) is 0 Å². The van der Waals surface area contributed by atoms with Gasteiger partial charge in [-0.15, -0.1) is 0 Å². The highest BCUT2D eigenvalue weighted by atomic mass is 32.2. The van der Waals surface area contributed by atoms with Gasteiger partial charge in [-0.1, -0.05) is 0 Å². The van der Waals surface area contributed by atoms with Gasteiger partial charge in [-0.3, -0.25) is 18.7 Å². The molecule has 0 radical (unpaired) electrons. The van der Waals surface area contributed by atoms with Crippen LogP contribution in [0.3, 0.4) is 0 Å². The van der Waals surface area contributed by atoms with Crippen LogP contribution in [0.5, 0.6) is 0 Å². The van der Waals surface area contributed by atoms with Crippen molar-refractivity contribution in [3.05, 3.63) is 0 Å². The number of alkyl halides is 4. The van der Waals surface area contributed by atoms with E-state index in [0.717, 1.165) is 0 Å². The zero-order valence-electron chi connectivity index (χ0n) is 8.83. The molecule has 6 N–H and O–H groups in total. The van der Waals surface area contributed by atoms with Crippen molar-refractivity contribution in [2.75, 3.05) is 0 Å². The molecule has 0 spiro atoms. The van der Waals surface area contributed by atoms with Gasteiger partial charge >= 0.3 is 42.6 Å². The summed E-state index contributed by atoms with van der Waals surface area (Å²) in [5.74, 6) is -4.81. The Morgan fingerprint density at radius 1 is 0.750 bits per heavy atom. The molecule has 2 amide bonds. The molecular formula is C4H6F4N2O8S2. The Morgan fingerprint density at radius 2 is 0.900 bits per heavy atom. The fraction of sp³-hybridized carbons (Fsp3) is 0.500. The summed E-state index contributed by atoms with van der Waals surface area (Å²) in [5.41, 5.74) is 7.86. The number of amides is 2. The third kappa shape index (κ3) is 4.87. The van der Waals surface area contributed by atoms with Gasteiger partial charge in [0.25, 0.3) is 0 Å². The topological polar surface area (TPSA) is 195 Å². The Balaban J connectivity index is 0. The second-order valence-electron chi connectivity index (χ2n) is 2.71. The van der Waals surface area contributed by atoms with Gasteiger partial charge < -0.3 is 11.5 Å². The summed E-state index contributed by atoms with van der Waals surface area (Å²) in [6.07, 6.45) is 0. The molecular weight excluding hydrogens is 344 g/mol. The second kappa shape index (κ2) is 5.85. The summed E-state index contributed by atoms with van der Waals surface area (Å²) in [7, 11) is -11.4. The Morgan fingerprint density at radius 3 is 0.900 bits per heavy atom. The Hall–Kier alpha value is -1.52. The zero-order valence-corrected chi connectivity index (χ0v) is 10.5. The van der Waals surface area contributed by atoms with Gasteiger partial charge in [-0.2, -0.15) is 34.4 Å². The fourth-order valence-corrected chi connectivity index (χ4v) is 0.763. The molecule has 0 saturated carbocycles. The number of hydrogen-bond donors (Lipinski definition) is 4. The maximum absolute atomic E-state index is 11.7. The second-order valence-corrected chi connectivity index (χ2v) is 5.64. The van der Waals surface area contributed by atoms with E-state index < -0.39 is 42.6 Å². The zero-order chi connectivity index (χ0) is 17.2. The van der Waals surface area contributed by atoms with Crippen LogP contribution in [0.25, 0.3) is 0 Å². The SMILES string of the molecule is NC(=O)C(F)(F)S(=O)(=O)O.NC(=O)C(F)(F)S(=O)(=O)O. The summed E-state index contributed by atoms with van der Waals surface area (Å²) < 4.78 is 101. The van der Waals surface area contributed by atoms with Crippen molar-refractivity contribution in [2.24, 2.45) is 11.5 Å². The molecule has 0 rings (SSSR count). The minimum atomic E-state index is -5.71. The number of primary amides is 2. The Bertz CT molecular complexity index is 542. The molecule has 0 aliphatic rings. The van der Waals surface area contributed by atoms with Crippen molar-refractivity contribution in [1.82, 2.24) is 0 Å². The third-order valence-corrected chi connectivity index (χ3v) is 2.92. The fourth-order valence-electron chi connectivity index (χ4n) is 0.254. The van der Waals surface area contributed by atoms with E-state index in [1.165, 1.54) is 0 Å². The van der Waals surface area contributed by atoms with Crippen molar-refractivity contribution in [1.29, 1.82) is 0 Å². The van der Waals surface area contributed by atoms with Crippen LogP contribution in [0.4, 0.5) is 17.6 Å². The lowest BCUT2D eigenvalue weighted by Gasteiger charge is -2.06. The first-order valence-corrected chi connectivity index (χ1v) is 6.56. The molecule has 10 nitrogen and oxygen atoms in total. The number of rotatable bonds is 4.